The molecule has 0 radical (unpaired) electrons. The van der Waals surface area contributed by atoms with Gasteiger partial charge < -0.3 is 10.4 Å². The highest BCUT2D eigenvalue weighted by Gasteiger charge is 2.30. The van der Waals surface area contributed by atoms with E-state index in [9.17, 15) is 18.3 Å². The smallest absolute Gasteiger partial charge is 0.389 e. The van der Waals surface area contributed by atoms with Crippen molar-refractivity contribution in [1.29, 1.82) is 0 Å². The summed E-state index contributed by atoms with van der Waals surface area (Å²) in [6.45, 7) is 1.52. The Morgan fingerprint density at radius 3 is 2.28 bits per heavy atom. The molecule has 0 heterocycles. The van der Waals surface area contributed by atoms with E-state index in [-0.39, 0.29) is 18.4 Å². The molecular weight excluding hydrogens is 243 g/mol. The molecule has 0 aliphatic heterocycles. The lowest BCUT2D eigenvalue weighted by molar-refractivity contribution is -0.135. The molecule has 0 atom stereocenters. The first-order chi connectivity index (χ1) is 8.47. The second-order valence-corrected chi connectivity index (χ2v) is 5.47. The van der Waals surface area contributed by atoms with E-state index in [1.807, 2.05) is 0 Å². The van der Waals surface area contributed by atoms with E-state index in [0.717, 1.165) is 32.2 Å². The minimum absolute atomic E-state index is 0.0255. The molecule has 0 bridgehead atoms. The molecule has 18 heavy (non-hydrogen) atoms. The van der Waals surface area contributed by atoms with Gasteiger partial charge in [-0.05, 0) is 32.2 Å². The van der Waals surface area contributed by atoms with Gasteiger partial charge in [-0.1, -0.05) is 19.3 Å². The summed E-state index contributed by atoms with van der Waals surface area (Å²) >= 11 is 0. The minimum Gasteiger partial charge on any atom is -0.396 e. The summed E-state index contributed by atoms with van der Waals surface area (Å²) in [5, 5.41) is 12.7. The number of aliphatic hydroxyl groups is 1. The van der Waals surface area contributed by atoms with Crippen molar-refractivity contribution in [3.8, 4) is 0 Å². The van der Waals surface area contributed by atoms with Gasteiger partial charge in [0.2, 0.25) is 0 Å². The van der Waals surface area contributed by atoms with Crippen LogP contribution in [-0.2, 0) is 0 Å². The van der Waals surface area contributed by atoms with Gasteiger partial charge >= 0.3 is 6.18 Å². The van der Waals surface area contributed by atoms with Crippen LogP contribution in [-0.4, -0.2) is 31.0 Å². The van der Waals surface area contributed by atoms with Gasteiger partial charge in [0.25, 0.3) is 0 Å². The van der Waals surface area contributed by atoms with Crippen molar-refractivity contribution < 1.29 is 18.3 Å². The van der Waals surface area contributed by atoms with E-state index >= 15 is 0 Å². The van der Waals surface area contributed by atoms with Crippen LogP contribution in [0.15, 0.2) is 0 Å². The molecule has 1 rings (SSSR count). The number of alkyl halides is 3. The van der Waals surface area contributed by atoms with Crippen LogP contribution in [0.4, 0.5) is 13.2 Å². The Hall–Kier alpha value is -0.290. The van der Waals surface area contributed by atoms with Gasteiger partial charge in [-0.3, -0.25) is 0 Å². The summed E-state index contributed by atoms with van der Waals surface area (Å²) in [5.41, 5.74) is -0.0255. The van der Waals surface area contributed by atoms with Gasteiger partial charge in [-0.25, -0.2) is 0 Å². The molecule has 0 saturated heterocycles. The highest BCUT2D eigenvalue weighted by Crippen LogP contribution is 2.35. The van der Waals surface area contributed by atoms with Gasteiger partial charge in [0.1, 0.15) is 0 Å². The maximum Gasteiger partial charge on any atom is 0.389 e. The maximum absolute atomic E-state index is 11.9. The van der Waals surface area contributed by atoms with Crippen molar-refractivity contribution in [2.24, 2.45) is 5.41 Å². The number of nitrogens with one attached hydrogen (secondary N) is 1. The van der Waals surface area contributed by atoms with E-state index in [2.05, 4.69) is 5.32 Å². The first-order valence-electron chi connectivity index (χ1n) is 6.86. The lowest BCUT2D eigenvalue weighted by Crippen LogP contribution is -2.39. The molecule has 2 nitrogen and oxygen atoms in total. The number of rotatable bonds is 7. The van der Waals surface area contributed by atoms with Crippen LogP contribution in [0.5, 0.6) is 0 Å². The first kappa shape index (κ1) is 15.8. The summed E-state index contributed by atoms with van der Waals surface area (Å²) in [7, 11) is 0. The van der Waals surface area contributed by atoms with Crippen molar-refractivity contribution in [3.63, 3.8) is 0 Å². The van der Waals surface area contributed by atoms with E-state index in [0.29, 0.717) is 13.0 Å². The maximum atomic E-state index is 11.9. The second kappa shape index (κ2) is 7.34. The Bertz CT molecular complexity index is 225. The topological polar surface area (TPSA) is 32.3 Å². The van der Waals surface area contributed by atoms with Gasteiger partial charge in [0, 0.05) is 25.0 Å². The molecule has 0 aromatic rings. The highest BCUT2D eigenvalue weighted by molar-refractivity contribution is 4.84. The van der Waals surface area contributed by atoms with Crippen LogP contribution in [0, 0.1) is 5.41 Å². The Morgan fingerprint density at radius 2 is 1.72 bits per heavy atom. The van der Waals surface area contributed by atoms with Crippen molar-refractivity contribution >= 4 is 0 Å². The second-order valence-electron chi connectivity index (χ2n) is 5.47. The number of hydrogen-bond donors (Lipinski definition) is 2. The first-order valence-corrected chi connectivity index (χ1v) is 6.86. The third-order valence-electron chi connectivity index (χ3n) is 3.81. The van der Waals surface area contributed by atoms with Crippen molar-refractivity contribution in [2.75, 3.05) is 19.7 Å². The van der Waals surface area contributed by atoms with Crippen LogP contribution in [0.2, 0.25) is 0 Å². The predicted octanol–water partition coefficient (Wildman–Crippen LogP) is 3.25. The number of hydrogen-bond acceptors (Lipinski definition) is 2. The Labute approximate surface area is 107 Å². The van der Waals surface area contributed by atoms with Gasteiger partial charge in [-0.15, -0.1) is 0 Å². The minimum atomic E-state index is -4.03. The third-order valence-corrected chi connectivity index (χ3v) is 3.81. The van der Waals surface area contributed by atoms with Crippen molar-refractivity contribution in [2.45, 2.75) is 57.5 Å². The summed E-state index contributed by atoms with van der Waals surface area (Å²) in [6.07, 6.45) is 1.58. The van der Waals surface area contributed by atoms with E-state index < -0.39 is 12.6 Å². The SMILES string of the molecule is OCC1(CNCCCCC(F)(F)F)CCCCC1. The molecule has 0 spiro atoms. The zero-order chi connectivity index (χ0) is 13.5. The summed E-state index contributed by atoms with van der Waals surface area (Å²) < 4.78 is 35.8. The molecule has 5 heteroatoms. The van der Waals surface area contributed by atoms with Crippen LogP contribution >= 0.6 is 0 Å². The zero-order valence-corrected chi connectivity index (χ0v) is 10.9. The molecule has 0 aromatic carbocycles. The largest absolute Gasteiger partial charge is 0.396 e. The van der Waals surface area contributed by atoms with Gasteiger partial charge in [-0.2, -0.15) is 13.2 Å². The summed E-state index contributed by atoms with van der Waals surface area (Å²) in [5.74, 6) is 0. The van der Waals surface area contributed by atoms with E-state index in [4.69, 9.17) is 0 Å². The molecule has 1 aliphatic rings. The number of halogens is 3. The lowest BCUT2D eigenvalue weighted by atomic mass is 9.74. The third kappa shape index (κ3) is 6.05. The fourth-order valence-corrected chi connectivity index (χ4v) is 2.62. The molecule has 2 N–H and O–H groups in total. The quantitative estimate of drug-likeness (QED) is 0.694. The van der Waals surface area contributed by atoms with Gasteiger partial charge in [0.15, 0.2) is 0 Å². The van der Waals surface area contributed by atoms with Crippen molar-refractivity contribution in [1.82, 2.24) is 5.32 Å². The molecule has 0 unspecified atom stereocenters. The van der Waals surface area contributed by atoms with Crippen molar-refractivity contribution in [3.05, 3.63) is 0 Å². The monoisotopic (exact) mass is 267 g/mol. The van der Waals surface area contributed by atoms with E-state index in [1.54, 1.807) is 0 Å². The average molecular weight is 267 g/mol. The average Bonchev–Trinajstić information content (AvgIpc) is 2.33. The molecule has 0 amide bonds. The molecule has 0 aromatic heterocycles. The fraction of sp³-hybridized carbons (Fsp3) is 1.00. The lowest BCUT2D eigenvalue weighted by Gasteiger charge is -2.35. The van der Waals surface area contributed by atoms with Crippen LogP contribution in [0.1, 0.15) is 51.4 Å². The normalized spacial score (nSPS) is 20.0. The van der Waals surface area contributed by atoms with E-state index in [1.165, 1.54) is 6.42 Å². The standard InChI is InChI=1S/C13H24F3NO/c14-13(15,16)8-4-5-9-17-10-12(11-18)6-2-1-3-7-12/h17-18H,1-11H2. The Kier molecular flexibility index (Phi) is 6.43. The summed E-state index contributed by atoms with van der Waals surface area (Å²) in [4.78, 5) is 0. The fourth-order valence-electron chi connectivity index (χ4n) is 2.62. The van der Waals surface area contributed by atoms with Crippen LogP contribution in [0.3, 0.4) is 0 Å². The van der Waals surface area contributed by atoms with Gasteiger partial charge in [0.05, 0.1) is 0 Å². The predicted molar refractivity (Wildman–Crippen MR) is 65.4 cm³/mol. The number of aliphatic hydroxyl groups excluding tert-OH is 1. The number of unbranched alkanes of at least 4 members (excludes halogenated alkanes) is 1. The molecule has 1 aliphatic carbocycles. The molecular formula is C13H24F3NO. The summed E-state index contributed by atoms with van der Waals surface area (Å²) in [6, 6.07) is 0. The van der Waals surface area contributed by atoms with Crippen LogP contribution < -0.4 is 5.32 Å². The molecule has 108 valence electrons. The Morgan fingerprint density at radius 1 is 1.06 bits per heavy atom. The van der Waals surface area contributed by atoms with Crippen LogP contribution in [0.25, 0.3) is 0 Å². The zero-order valence-electron chi connectivity index (χ0n) is 10.9. The molecule has 1 fully saturated rings. The highest BCUT2D eigenvalue weighted by atomic mass is 19.4. The molecule has 1 saturated carbocycles. The Balaban J connectivity index is 2.09.